The van der Waals surface area contributed by atoms with Gasteiger partial charge in [-0.2, -0.15) is 0 Å². The fourth-order valence-corrected chi connectivity index (χ4v) is 5.68. The number of rotatable bonds is 9. The van der Waals surface area contributed by atoms with Crippen molar-refractivity contribution in [1.82, 2.24) is 0 Å². The second-order valence-electron chi connectivity index (χ2n) is 9.16. The summed E-state index contributed by atoms with van der Waals surface area (Å²) < 4.78 is 23.0. The summed E-state index contributed by atoms with van der Waals surface area (Å²) in [5.74, 6) is 1.12. The number of benzene rings is 3. The molecule has 1 aliphatic carbocycles. The van der Waals surface area contributed by atoms with Crippen molar-refractivity contribution in [2.75, 3.05) is 20.5 Å². The first-order valence-electron chi connectivity index (χ1n) is 12.2. The van der Waals surface area contributed by atoms with Gasteiger partial charge in [0.15, 0.2) is 23.0 Å². The van der Waals surface area contributed by atoms with E-state index in [0.717, 1.165) is 34.2 Å². The number of hydrogen-bond donors (Lipinski definition) is 1. The van der Waals surface area contributed by atoms with E-state index in [1.54, 1.807) is 7.11 Å². The first-order valence-corrected chi connectivity index (χ1v) is 12.2. The molecule has 36 heavy (non-hydrogen) atoms. The highest BCUT2D eigenvalue weighted by molar-refractivity contribution is 5.88. The first kappa shape index (κ1) is 23.8. The van der Waals surface area contributed by atoms with Crippen molar-refractivity contribution in [1.29, 1.82) is 0 Å². The Morgan fingerprint density at radius 1 is 1.17 bits per heavy atom. The first-order chi connectivity index (χ1) is 17.5. The summed E-state index contributed by atoms with van der Waals surface area (Å²) in [7, 11) is 1.61. The molecule has 0 amide bonds. The molecule has 0 bridgehead atoms. The van der Waals surface area contributed by atoms with Crippen molar-refractivity contribution in [2.24, 2.45) is 0 Å². The lowest BCUT2D eigenvalue weighted by molar-refractivity contribution is -0.144. The monoisotopic (exact) mass is 486 g/mol. The van der Waals surface area contributed by atoms with Crippen LogP contribution in [-0.4, -0.2) is 31.6 Å². The van der Waals surface area contributed by atoms with Crippen molar-refractivity contribution in [2.45, 2.75) is 37.5 Å². The zero-order valence-corrected chi connectivity index (χ0v) is 20.6. The minimum atomic E-state index is -1.27. The molecular formula is C30H30O6. The van der Waals surface area contributed by atoms with Crippen LogP contribution in [0.15, 0.2) is 67.3 Å². The van der Waals surface area contributed by atoms with Crippen molar-refractivity contribution in [3.8, 4) is 23.0 Å². The van der Waals surface area contributed by atoms with Gasteiger partial charge in [0, 0.05) is 11.5 Å². The average Bonchev–Trinajstić information content (AvgIpc) is 3.50. The number of ether oxygens (including phenoxy) is 4. The maximum atomic E-state index is 13.5. The van der Waals surface area contributed by atoms with Crippen LogP contribution in [0.25, 0.3) is 0 Å². The molecule has 3 aromatic rings. The summed E-state index contributed by atoms with van der Waals surface area (Å²) in [5.41, 5.74) is 3.05. The molecule has 6 nitrogen and oxygen atoms in total. The van der Waals surface area contributed by atoms with Gasteiger partial charge in [-0.1, -0.05) is 49.4 Å². The predicted molar refractivity (Wildman–Crippen MR) is 137 cm³/mol. The van der Waals surface area contributed by atoms with Crippen LogP contribution in [0, 0.1) is 0 Å². The molecule has 0 fully saturated rings. The summed E-state index contributed by atoms with van der Waals surface area (Å²) in [5, 5.41) is 11.0. The maximum Gasteiger partial charge on any atom is 0.315 e. The van der Waals surface area contributed by atoms with Crippen molar-refractivity contribution in [3.63, 3.8) is 0 Å². The molecule has 1 N–H and O–H groups in total. The van der Waals surface area contributed by atoms with Crippen LogP contribution in [0.3, 0.4) is 0 Å². The standard InChI is InChI=1S/C30H30O6/c1-4-8-19-9-6-7-10-23(19)30(29(31)32)17-22-21(12-14-25(28(22)33-3)34-15-5-2)27(30)20-11-13-24-26(16-20)36-18-35-24/h4,6-7,9-14,16,27H,1,5,8,15,17-18H2,2-3H3,(H,31,32). The Morgan fingerprint density at radius 2 is 1.97 bits per heavy atom. The van der Waals surface area contributed by atoms with E-state index in [1.807, 2.05) is 67.6 Å². The fraction of sp³-hybridized carbons (Fsp3) is 0.300. The molecule has 1 aliphatic heterocycles. The van der Waals surface area contributed by atoms with Crippen LogP contribution in [0.2, 0.25) is 0 Å². The number of carboxylic acid groups (broad SMARTS) is 1. The summed E-state index contributed by atoms with van der Waals surface area (Å²) in [6.07, 6.45) is 3.49. The number of fused-ring (bicyclic) bond motifs is 2. The summed E-state index contributed by atoms with van der Waals surface area (Å²) in [6, 6.07) is 17.3. The van der Waals surface area contributed by atoms with Crippen molar-refractivity contribution >= 4 is 5.97 Å². The molecule has 5 rings (SSSR count). The van der Waals surface area contributed by atoms with Crippen LogP contribution in [0.5, 0.6) is 23.0 Å². The van der Waals surface area contributed by atoms with E-state index in [9.17, 15) is 9.90 Å². The van der Waals surface area contributed by atoms with Gasteiger partial charge in [0.25, 0.3) is 0 Å². The molecule has 2 aliphatic rings. The van der Waals surface area contributed by atoms with Crippen molar-refractivity contribution < 1.29 is 28.8 Å². The number of carbonyl (C=O) groups is 1. The average molecular weight is 487 g/mol. The van der Waals surface area contributed by atoms with Gasteiger partial charge in [-0.25, -0.2) is 0 Å². The van der Waals surface area contributed by atoms with Gasteiger partial charge < -0.3 is 24.1 Å². The second-order valence-corrected chi connectivity index (χ2v) is 9.16. The van der Waals surface area contributed by atoms with Gasteiger partial charge in [0.1, 0.15) is 5.41 Å². The summed E-state index contributed by atoms with van der Waals surface area (Å²) in [6.45, 7) is 6.64. The van der Waals surface area contributed by atoms with Crippen LogP contribution in [-0.2, 0) is 23.1 Å². The zero-order valence-electron chi connectivity index (χ0n) is 20.6. The van der Waals surface area contributed by atoms with Crippen LogP contribution < -0.4 is 18.9 Å². The molecule has 2 unspecified atom stereocenters. The predicted octanol–water partition coefficient (Wildman–Crippen LogP) is 5.65. The minimum Gasteiger partial charge on any atom is -0.493 e. The molecule has 6 heteroatoms. The molecule has 3 aromatic carbocycles. The topological polar surface area (TPSA) is 74.2 Å². The van der Waals surface area contributed by atoms with E-state index < -0.39 is 17.3 Å². The highest BCUT2D eigenvalue weighted by Gasteiger charge is 2.56. The highest BCUT2D eigenvalue weighted by atomic mass is 16.7. The Kier molecular flexibility index (Phi) is 6.35. The third-order valence-corrected chi connectivity index (χ3v) is 7.16. The highest BCUT2D eigenvalue weighted by Crippen LogP contribution is 2.57. The van der Waals surface area contributed by atoms with Gasteiger partial charge in [0.05, 0.1) is 13.7 Å². The number of hydrogen-bond acceptors (Lipinski definition) is 5. The quantitative estimate of drug-likeness (QED) is 0.394. The molecule has 0 spiro atoms. The Balaban J connectivity index is 1.79. The Morgan fingerprint density at radius 3 is 2.72 bits per heavy atom. The van der Waals surface area contributed by atoms with Crippen LogP contribution in [0.4, 0.5) is 0 Å². The largest absolute Gasteiger partial charge is 0.493 e. The molecule has 1 heterocycles. The lowest BCUT2D eigenvalue weighted by Crippen LogP contribution is -2.41. The van der Waals surface area contributed by atoms with Gasteiger partial charge in [0.2, 0.25) is 6.79 Å². The molecule has 0 radical (unpaired) electrons. The van der Waals surface area contributed by atoms with E-state index in [0.29, 0.717) is 36.0 Å². The third-order valence-electron chi connectivity index (χ3n) is 7.16. The molecular weight excluding hydrogens is 456 g/mol. The van der Waals surface area contributed by atoms with E-state index in [2.05, 4.69) is 6.58 Å². The van der Waals surface area contributed by atoms with E-state index in [4.69, 9.17) is 18.9 Å². The maximum absolute atomic E-state index is 13.5. The van der Waals surface area contributed by atoms with Gasteiger partial charge in [-0.3, -0.25) is 4.79 Å². The smallest absolute Gasteiger partial charge is 0.315 e. The normalized spacial score (nSPS) is 19.6. The molecule has 186 valence electrons. The Hall–Kier alpha value is -3.93. The number of carboxylic acids is 1. The molecule has 0 saturated heterocycles. The lowest BCUT2D eigenvalue weighted by atomic mass is 9.66. The van der Waals surface area contributed by atoms with Crippen molar-refractivity contribution in [3.05, 3.63) is 95.1 Å². The van der Waals surface area contributed by atoms with Gasteiger partial charge in [-0.05, 0) is 59.7 Å². The Bertz CT molecular complexity index is 1310. The number of aliphatic carboxylic acids is 1. The van der Waals surface area contributed by atoms with E-state index in [-0.39, 0.29) is 13.2 Å². The van der Waals surface area contributed by atoms with E-state index in [1.165, 1.54) is 0 Å². The third kappa shape index (κ3) is 3.68. The second kappa shape index (κ2) is 9.61. The van der Waals surface area contributed by atoms with Crippen LogP contribution in [0.1, 0.15) is 47.1 Å². The summed E-state index contributed by atoms with van der Waals surface area (Å²) >= 11 is 0. The SMILES string of the molecule is C=CCc1ccccc1C1(C(=O)O)Cc2c(ccc(OCCC)c2OC)C1c1ccc2c(c1)OCO2. The molecule has 2 atom stereocenters. The summed E-state index contributed by atoms with van der Waals surface area (Å²) in [4.78, 5) is 13.5. The van der Waals surface area contributed by atoms with Crippen LogP contribution >= 0.6 is 0 Å². The molecule has 0 saturated carbocycles. The Labute approximate surface area is 211 Å². The van der Waals surface area contributed by atoms with Gasteiger partial charge in [-0.15, -0.1) is 6.58 Å². The van der Waals surface area contributed by atoms with Gasteiger partial charge >= 0.3 is 5.97 Å². The molecule has 0 aromatic heterocycles. The lowest BCUT2D eigenvalue weighted by Gasteiger charge is -2.34. The zero-order chi connectivity index (χ0) is 25.3. The number of methoxy groups -OCH3 is 1. The fourth-order valence-electron chi connectivity index (χ4n) is 5.68. The number of allylic oxidation sites excluding steroid dienone is 1. The minimum absolute atomic E-state index is 0.151. The van der Waals surface area contributed by atoms with E-state index >= 15 is 0 Å².